The number of halogens is 3. The van der Waals surface area contributed by atoms with E-state index in [4.69, 9.17) is 27.9 Å². The number of sulfonamides is 1. The minimum absolute atomic E-state index is 0.00657. The van der Waals surface area contributed by atoms with Gasteiger partial charge in [-0.1, -0.05) is 29.3 Å². The molecule has 2 aromatic carbocycles. The van der Waals surface area contributed by atoms with Crippen molar-refractivity contribution in [2.45, 2.75) is 11.4 Å². The molecule has 0 aliphatic carbocycles. The van der Waals surface area contributed by atoms with Crippen LogP contribution in [-0.2, 0) is 16.6 Å². The van der Waals surface area contributed by atoms with Crippen molar-refractivity contribution < 1.29 is 17.5 Å². The quantitative estimate of drug-likeness (QED) is 0.791. The summed E-state index contributed by atoms with van der Waals surface area (Å²) in [5.74, 6) is -0.456. The number of methoxy groups -OCH3 is 1. The third-order valence-corrected chi connectivity index (χ3v) is 5.38. The standard InChI is InChI=1S/C15H14Cl2FNO3S/c1-19(9-10-3-4-15(22-2)14(18)5-10)23(20,21)13-7-11(16)6-12(17)8-13/h3-8H,9H2,1-2H3. The molecule has 2 rings (SSSR count). The second kappa shape index (κ2) is 7.05. The van der Waals surface area contributed by atoms with Crippen molar-refractivity contribution >= 4 is 33.2 Å². The Morgan fingerprint density at radius 2 is 1.74 bits per heavy atom. The van der Waals surface area contributed by atoms with Gasteiger partial charge in [-0.2, -0.15) is 4.31 Å². The second-order valence-corrected chi connectivity index (χ2v) is 7.75. The van der Waals surface area contributed by atoms with Gasteiger partial charge in [0.15, 0.2) is 11.6 Å². The molecule has 0 heterocycles. The number of hydrogen-bond acceptors (Lipinski definition) is 3. The summed E-state index contributed by atoms with van der Waals surface area (Å²) >= 11 is 11.7. The Morgan fingerprint density at radius 1 is 1.13 bits per heavy atom. The molecule has 23 heavy (non-hydrogen) atoms. The predicted octanol–water partition coefficient (Wildman–Crippen LogP) is 3.96. The van der Waals surface area contributed by atoms with Gasteiger partial charge in [0, 0.05) is 23.6 Å². The van der Waals surface area contributed by atoms with Gasteiger partial charge in [0.25, 0.3) is 0 Å². The maximum absolute atomic E-state index is 13.7. The van der Waals surface area contributed by atoms with E-state index < -0.39 is 15.8 Å². The minimum atomic E-state index is -3.80. The van der Waals surface area contributed by atoms with E-state index in [-0.39, 0.29) is 27.2 Å². The van der Waals surface area contributed by atoms with Crippen LogP contribution < -0.4 is 4.74 Å². The first kappa shape index (κ1) is 18.0. The van der Waals surface area contributed by atoms with E-state index in [1.54, 1.807) is 6.07 Å². The van der Waals surface area contributed by atoms with E-state index >= 15 is 0 Å². The molecule has 0 aliphatic rings. The lowest BCUT2D eigenvalue weighted by molar-refractivity contribution is 0.385. The zero-order valence-corrected chi connectivity index (χ0v) is 14.7. The number of ether oxygens (including phenoxy) is 1. The average molecular weight is 378 g/mol. The lowest BCUT2D eigenvalue weighted by Gasteiger charge is -2.18. The highest BCUT2D eigenvalue weighted by molar-refractivity contribution is 7.89. The van der Waals surface area contributed by atoms with Crippen LogP contribution in [0.5, 0.6) is 5.75 Å². The molecule has 4 nitrogen and oxygen atoms in total. The molecule has 0 aliphatic heterocycles. The summed E-state index contributed by atoms with van der Waals surface area (Å²) in [6.07, 6.45) is 0. The third-order valence-electron chi connectivity index (χ3n) is 3.17. The molecule has 0 unspecified atom stereocenters. The Hall–Kier alpha value is -1.34. The van der Waals surface area contributed by atoms with Gasteiger partial charge in [0.05, 0.1) is 12.0 Å². The van der Waals surface area contributed by atoms with Gasteiger partial charge in [-0.25, -0.2) is 12.8 Å². The van der Waals surface area contributed by atoms with Gasteiger partial charge in [-0.05, 0) is 35.9 Å². The molecule has 0 fully saturated rings. The van der Waals surface area contributed by atoms with Crippen LogP contribution in [0.2, 0.25) is 10.0 Å². The maximum atomic E-state index is 13.7. The van der Waals surface area contributed by atoms with Crippen LogP contribution in [-0.4, -0.2) is 26.9 Å². The van der Waals surface area contributed by atoms with Crippen molar-refractivity contribution in [1.29, 1.82) is 0 Å². The molecule has 8 heteroatoms. The normalized spacial score (nSPS) is 11.7. The number of rotatable bonds is 5. The summed E-state index contributed by atoms with van der Waals surface area (Å²) < 4.78 is 44.7. The highest BCUT2D eigenvalue weighted by atomic mass is 35.5. The zero-order chi connectivity index (χ0) is 17.2. The first-order chi connectivity index (χ1) is 10.7. The van der Waals surface area contributed by atoms with Crippen LogP contribution in [0.15, 0.2) is 41.3 Å². The monoisotopic (exact) mass is 377 g/mol. The molecule has 0 saturated carbocycles. The molecule has 0 radical (unpaired) electrons. The van der Waals surface area contributed by atoms with Crippen molar-refractivity contribution in [3.63, 3.8) is 0 Å². The van der Waals surface area contributed by atoms with Crippen LogP contribution in [0.1, 0.15) is 5.56 Å². The topological polar surface area (TPSA) is 46.6 Å². The SMILES string of the molecule is COc1ccc(CN(C)S(=O)(=O)c2cc(Cl)cc(Cl)c2)cc1F. The van der Waals surface area contributed by atoms with E-state index in [0.29, 0.717) is 5.56 Å². The third kappa shape index (κ3) is 4.14. The van der Waals surface area contributed by atoms with E-state index in [1.807, 2.05) is 0 Å². The van der Waals surface area contributed by atoms with Crippen LogP contribution in [0.25, 0.3) is 0 Å². The summed E-state index contributed by atoms with van der Waals surface area (Å²) in [7, 11) is -1.05. The molecule has 0 atom stereocenters. The smallest absolute Gasteiger partial charge is 0.243 e. The molecule has 2 aromatic rings. The van der Waals surface area contributed by atoms with Gasteiger partial charge in [0.2, 0.25) is 10.0 Å². The molecule has 0 saturated heterocycles. The van der Waals surface area contributed by atoms with Gasteiger partial charge >= 0.3 is 0 Å². The fourth-order valence-electron chi connectivity index (χ4n) is 2.01. The number of hydrogen-bond donors (Lipinski definition) is 0. The first-order valence-electron chi connectivity index (χ1n) is 6.49. The Labute approximate surface area is 144 Å². The van der Waals surface area contributed by atoms with E-state index in [1.165, 1.54) is 44.5 Å². The Balaban J connectivity index is 2.28. The van der Waals surface area contributed by atoms with Gasteiger partial charge in [-0.3, -0.25) is 0 Å². The average Bonchev–Trinajstić information content (AvgIpc) is 2.46. The van der Waals surface area contributed by atoms with Crippen molar-refractivity contribution in [3.05, 3.63) is 57.8 Å². The van der Waals surface area contributed by atoms with Gasteiger partial charge < -0.3 is 4.74 Å². The molecular weight excluding hydrogens is 364 g/mol. The molecule has 0 amide bonds. The molecule has 0 spiro atoms. The Bertz CT molecular complexity index is 807. The maximum Gasteiger partial charge on any atom is 0.243 e. The fourth-order valence-corrected chi connectivity index (χ4v) is 3.89. The van der Waals surface area contributed by atoms with Crippen LogP contribution in [0.3, 0.4) is 0 Å². The molecule has 0 N–H and O–H groups in total. The van der Waals surface area contributed by atoms with E-state index in [9.17, 15) is 12.8 Å². The van der Waals surface area contributed by atoms with Crippen molar-refractivity contribution in [1.82, 2.24) is 4.31 Å². The second-order valence-electron chi connectivity index (χ2n) is 4.84. The van der Waals surface area contributed by atoms with Crippen LogP contribution in [0.4, 0.5) is 4.39 Å². The van der Waals surface area contributed by atoms with Gasteiger partial charge in [0.1, 0.15) is 0 Å². The highest BCUT2D eigenvalue weighted by Crippen LogP contribution is 2.25. The molecule has 0 aromatic heterocycles. The van der Waals surface area contributed by atoms with Crippen molar-refractivity contribution in [2.24, 2.45) is 0 Å². The van der Waals surface area contributed by atoms with E-state index in [0.717, 1.165) is 4.31 Å². The summed E-state index contributed by atoms with van der Waals surface area (Å²) in [5.41, 5.74) is 0.488. The zero-order valence-electron chi connectivity index (χ0n) is 12.4. The Kier molecular flexibility index (Phi) is 5.52. The van der Waals surface area contributed by atoms with Crippen LogP contribution >= 0.6 is 23.2 Å². The summed E-state index contributed by atoms with van der Waals surface area (Å²) in [5, 5.41) is 0.444. The first-order valence-corrected chi connectivity index (χ1v) is 8.68. The van der Waals surface area contributed by atoms with E-state index in [2.05, 4.69) is 0 Å². The number of nitrogens with zero attached hydrogens (tertiary/aromatic N) is 1. The van der Waals surface area contributed by atoms with Crippen molar-refractivity contribution in [2.75, 3.05) is 14.2 Å². The molecule has 124 valence electrons. The summed E-state index contributed by atoms with van der Waals surface area (Å²) in [4.78, 5) is -0.0218. The fraction of sp³-hybridized carbons (Fsp3) is 0.200. The van der Waals surface area contributed by atoms with Crippen LogP contribution in [0, 0.1) is 5.82 Å². The summed E-state index contributed by atoms with van der Waals surface area (Å²) in [6.45, 7) is -0.00657. The Morgan fingerprint density at radius 3 is 2.26 bits per heavy atom. The lowest BCUT2D eigenvalue weighted by atomic mass is 10.2. The van der Waals surface area contributed by atoms with Crippen molar-refractivity contribution in [3.8, 4) is 5.75 Å². The van der Waals surface area contributed by atoms with Gasteiger partial charge in [-0.15, -0.1) is 0 Å². The summed E-state index contributed by atoms with van der Waals surface area (Å²) in [6, 6.07) is 8.35. The lowest BCUT2D eigenvalue weighted by Crippen LogP contribution is -2.26. The number of benzene rings is 2. The minimum Gasteiger partial charge on any atom is -0.494 e. The highest BCUT2D eigenvalue weighted by Gasteiger charge is 2.22. The molecular formula is C15H14Cl2FNO3S. The predicted molar refractivity (Wildman–Crippen MR) is 88.1 cm³/mol. The molecule has 0 bridgehead atoms. The largest absolute Gasteiger partial charge is 0.494 e.